The van der Waals surface area contributed by atoms with Crippen molar-refractivity contribution < 1.29 is 4.79 Å². The van der Waals surface area contributed by atoms with Gasteiger partial charge in [-0.05, 0) is 49.6 Å². The predicted molar refractivity (Wildman–Crippen MR) is 118 cm³/mol. The van der Waals surface area contributed by atoms with Gasteiger partial charge in [0.2, 0.25) is 0 Å². The summed E-state index contributed by atoms with van der Waals surface area (Å²) in [5.74, 6) is 0.528. The molecule has 0 saturated carbocycles. The van der Waals surface area contributed by atoms with Crippen LogP contribution in [0.3, 0.4) is 0 Å². The zero-order chi connectivity index (χ0) is 20.6. The van der Waals surface area contributed by atoms with Crippen molar-refractivity contribution in [3.8, 4) is 0 Å². The van der Waals surface area contributed by atoms with E-state index in [1.807, 2.05) is 81.4 Å². The summed E-state index contributed by atoms with van der Waals surface area (Å²) in [4.78, 5) is 21.3. The highest BCUT2D eigenvalue weighted by molar-refractivity contribution is 7.98. The molecule has 0 aliphatic heterocycles. The largest absolute Gasteiger partial charge is 0.271 e. The van der Waals surface area contributed by atoms with Gasteiger partial charge in [0.05, 0.1) is 5.71 Å². The van der Waals surface area contributed by atoms with Crippen LogP contribution in [0.25, 0.3) is 0 Å². The maximum Gasteiger partial charge on any atom is 0.271 e. The van der Waals surface area contributed by atoms with E-state index in [1.165, 1.54) is 0 Å². The van der Waals surface area contributed by atoms with Gasteiger partial charge in [0.15, 0.2) is 5.16 Å². The monoisotopic (exact) mass is 404 g/mol. The molecular formula is C23H24N4OS. The molecule has 0 saturated heterocycles. The number of nitrogens with zero attached hydrogens (tertiary/aromatic N) is 3. The number of hydrogen-bond acceptors (Lipinski definition) is 5. The van der Waals surface area contributed by atoms with Gasteiger partial charge >= 0.3 is 0 Å². The molecule has 0 fully saturated rings. The molecule has 1 aromatic heterocycles. The Morgan fingerprint density at radius 3 is 2.24 bits per heavy atom. The Morgan fingerprint density at radius 2 is 1.62 bits per heavy atom. The number of thioether (sulfide) groups is 1. The predicted octanol–water partition coefficient (Wildman–Crippen LogP) is 4.93. The lowest BCUT2D eigenvalue weighted by atomic mass is 10.1. The molecule has 1 heterocycles. The lowest BCUT2D eigenvalue weighted by molar-refractivity contribution is 0.0955. The zero-order valence-corrected chi connectivity index (χ0v) is 17.7. The summed E-state index contributed by atoms with van der Waals surface area (Å²) < 4.78 is 0. The van der Waals surface area contributed by atoms with Crippen LogP contribution >= 0.6 is 11.8 Å². The number of hydrazone groups is 1. The maximum atomic E-state index is 12.4. The van der Waals surface area contributed by atoms with Gasteiger partial charge in [-0.25, -0.2) is 15.4 Å². The van der Waals surface area contributed by atoms with E-state index in [2.05, 4.69) is 20.5 Å². The Hall–Kier alpha value is -2.99. The Labute approximate surface area is 175 Å². The first kappa shape index (κ1) is 20.7. The minimum Gasteiger partial charge on any atom is -0.267 e. The fourth-order valence-corrected chi connectivity index (χ4v) is 3.72. The van der Waals surface area contributed by atoms with Crippen LogP contribution in [0.2, 0.25) is 0 Å². The fraction of sp³-hybridized carbons (Fsp3) is 0.217. The molecule has 0 radical (unpaired) electrons. The van der Waals surface area contributed by atoms with Gasteiger partial charge in [-0.2, -0.15) is 5.10 Å². The summed E-state index contributed by atoms with van der Waals surface area (Å²) in [5, 5.41) is 5.07. The molecule has 3 aromatic rings. The number of carbonyl (C=O) groups is 1. The van der Waals surface area contributed by atoms with Crippen LogP contribution in [-0.2, 0) is 5.75 Å². The number of aryl methyl sites for hydroxylation is 2. The number of carbonyl (C=O) groups excluding carboxylic acids is 1. The summed E-state index contributed by atoms with van der Waals surface area (Å²) in [6, 6.07) is 19.3. The zero-order valence-electron chi connectivity index (χ0n) is 16.8. The highest BCUT2D eigenvalue weighted by atomic mass is 32.2. The van der Waals surface area contributed by atoms with E-state index < -0.39 is 0 Å². The van der Waals surface area contributed by atoms with Gasteiger partial charge in [0.1, 0.15) is 0 Å². The Kier molecular flexibility index (Phi) is 7.14. The molecule has 5 nitrogen and oxygen atoms in total. The third-order valence-corrected chi connectivity index (χ3v) is 5.20. The van der Waals surface area contributed by atoms with E-state index in [9.17, 15) is 4.79 Å². The minimum atomic E-state index is -0.219. The topological polar surface area (TPSA) is 67.2 Å². The van der Waals surface area contributed by atoms with Gasteiger partial charge in [0.25, 0.3) is 5.91 Å². The molecule has 3 rings (SSSR count). The Balaban J connectivity index is 1.60. The molecule has 0 aliphatic rings. The molecule has 6 heteroatoms. The molecule has 0 unspecified atom stereocenters. The maximum absolute atomic E-state index is 12.4. The number of benzene rings is 2. The second-order valence-corrected chi connectivity index (χ2v) is 7.58. The normalized spacial score (nSPS) is 11.3. The third kappa shape index (κ3) is 5.99. The van der Waals surface area contributed by atoms with Crippen LogP contribution in [0.1, 0.15) is 46.2 Å². The summed E-state index contributed by atoms with van der Waals surface area (Å²) in [5.41, 5.74) is 8.14. The highest BCUT2D eigenvalue weighted by Gasteiger charge is 2.07. The fourth-order valence-electron chi connectivity index (χ4n) is 2.82. The van der Waals surface area contributed by atoms with Crippen molar-refractivity contribution in [2.75, 3.05) is 0 Å². The molecular weight excluding hydrogens is 380 g/mol. The second-order valence-electron chi connectivity index (χ2n) is 6.64. The van der Waals surface area contributed by atoms with Crippen LogP contribution < -0.4 is 5.43 Å². The molecule has 2 aromatic carbocycles. The molecule has 1 N–H and O–H groups in total. The number of aromatic nitrogens is 2. The van der Waals surface area contributed by atoms with Crippen molar-refractivity contribution in [2.45, 2.75) is 38.1 Å². The first-order chi connectivity index (χ1) is 14.0. The Morgan fingerprint density at radius 1 is 0.966 bits per heavy atom. The van der Waals surface area contributed by atoms with Gasteiger partial charge in [-0.3, -0.25) is 4.79 Å². The average Bonchev–Trinajstić information content (AvgIpc) is 2.73. The Bertz CT molecular complexity index is 981. The lowest BCUT2D eigenvalue weighted by Crippen LogP contribution is -2.20. The van der Waals surface area contributed by atoms with Crippen molar-refractivity contribution >= 4 is 23.4 Å². The van der Waals surface area contributed by atoms with Crippen molar-refractivity contribution in [3.63, 3.8) is 0 Å². The first-order valence-electron chi connectivity index (χ1n) is 9.51. The molecule has 29 heavy (non-hydrogen) atoms. The van der Waals surface area contributed by atoms with Crippen LogP contribution in [0, 0.1) is 13.8 Å². The molecule has 0 atom stereocenters. The summed E-state index contributed by atoms with van der Waals surface area (Å²) in [6.45, 7) is 5.96. The SMILES string of the molecule is CC/C(=N/NC(=O)c1ccc(CSc2nc(C)cc(C)n2)cc1)c1ccccc1. The number of nitrogens with one attached hydrogen (secondary N) is 1. The van der Waals surface area contributed by atoms with Crippen molar-refractivity contribution in [1.82, 2.24) is 15.4 Å². The molecule has 0 aliphatic carbocycles. The standard InChI is InChI=1S/C23H24N4OS/c1-4-21(19-8-6-5-7-9-19)26-27-22(28)20-12-10-18(11-13-20)15-29-23-24-16(2)14-17(3)25-23/h5-14H,4,15H2,1-3H3,(H,27,28)/b26-21-. The van der Waals surface area contributed by atoms with Crippen molar-refractivity contribution in [2.24, 2.45) is 5.10 Å². The van der Waals surface area contributed by atoms with E-state index in [-0.39, 0.29) is 5.91 Å². The molecule has 148 valence electrons. The smallest absolute Gasteiger partial charge is 0.267 e. The van der Waals surface area contributed by atoms with Crippen molar-refractivity contribution in [3.05, 3.63) is 88.7 Å². The minimum absolute atomic E-state index is 0.219. The lowest BCUT2D eigenvalue weighted by Gasteiger charge is -2.06. The van der Waals surface area contributed by atoms with Crippen molar-refractivity contribution in [1.29, 1.82) is 0 Å². The summed E-state index contributed by atoms with van der Waals surface area (Å²) in [7, 11) is 0. The van der Waals surface area contributed by atoms with E-state index in [1.54, 1.807) is 11.8 Å². The van der Waals surface area contributed by atoms with Crippen LogP contribution in [0.15, 0.2) is 70.9 Å². The van der Waals surface area contributed by atoms with E-state index in [0.717, 1.165) is 45.6 Å². The van der Waals surface area contributed by atoms with E-state index >= 15 is 0 Å². The number of hydrogen-bond donors (Lipinski definition) is 1. The van der Waals surface area contributed by atoms with E-state index in [4.69, 9.17) is 0 Å². The highest BCUT2D eigenvalue weighted by Crippen LogP contribution is 2.20. The average molecular weight is 405 g/mol. The summed E-state index contributed by atoms with van der Waals surface area (Å²) in [6.07, 6.45) is 0.737. The van der Waals surface area contributed by atoms with Crippen LogP contribution in [0.4, 0.5) is 0 Å². The third-order valence-electron chi connectivity index (χ3n) is 4.28. The van der Waals surface area contributed by atoms with Gasteiger partial charge in [0, 0.05) is 22.7 Å². The quantitative estimate of drug-likeness (QED) is 0.262. The molecule has 0 bridgehead atoms. The van der Waals surface area contributed by atoms with Gasteiger partial charge in [-0.1, -0.05) is 61.2 Å². The first-order valence-corrected chi connectivity index (χ1v) is 10.5. The van der Waals surface area contributed by atoms with Crippen LogP contribution in [-0.4, -0.2) is 21.6 Å². The molecule has 0 spiro atoms. The van der Waals surface area contributed by atoms with Gasteiger partial charge < -0.3 is 0 Å². The van der Waals surface area contributed by atoms with E-state index in [0.29, 0.717) is 5.56 Å². The summed E-state index contributed by atoms with van der Waals surface area (Å²) >= 11 is 1.59. The van der Waals surface area contributed by atoms with Crippen LogP contribution in [0.5, 0.6) is 0 Å². The number of amides is 1. The molecule has 1 amide bonds. The second kappa shape index (κ2) is 9.98. The number of rotatable bonds is 7. The van der Waals surface area contributed by atoms with Gasteiger partial charge in [-0.15, -0.1) is 0 Å².